The number of carbonyl (C=O) groups excluding carboxylic acids is 1. The molecule has 2 aromatic rings. The highest BCUT2D eigenvalue weighted by Gasteiger charge is 2.06. The van der Waals surface area contributed by atoms with Crippen LogP contribution in [0.5, 0.6) is 5.75 Å². The van der Waals surface area contributed by atoms with Gasteiger partial charge < -0.3 is 10.1 Å². The van der Waals surface area contributed by atoms with Crippen molar-refractivity contribution in [1.82, 2.24) is 0 Å². The second-order valence-corrected chi connectivity index (χ2v) is 5.85. The summed E-state index contributed by atoms with van der Waals surface area (Å²) in [4.78, 5) is 11.9. The van der Waals surface area contributed by atoms with E-state index in [9.17, 15) is 4.79 Å². The van der Waals surface area contributed by atoms with Crippen LogP contribution >= 0.6 is 22.6 Å². The zero-order valence-corrected chi connectivity index (χ0v) is 13.6. The Morgan fingerprint density at radius 3 is 2.50 bits per heavy atom. The van der Waals surface area contributed by atoms with Crippen LogP contribution in [0.3, 0.4) is 0 Å². The monoisotopic (exact) mass is 381 g/mol. The van der Waals surface area contributed by atoms with E-state index in [-0.39, 0.29) is 12.5 Å². The van der Waals surface area contributed by atoms with Crippen molar-refractivity contribution in [2.24, 2.45) is 0 Å². The predicted octanol–water partition coefficient (Wildman–Crippen LogP) is 3.93. The van der Waals surface area contributed by atoms with Gasteiger partial charge in [0.1, 0.15) is 5.75 Å². The van der Waals surface area contributed by atoms with Crippen LogP contribution in [0, 0.1) is 17.4 Å². The molecular weight excluding hydrogens is 365 g/mol. The van der Waals surface area contributed by atoms with Crippen molar-refractivity contribution in [3.05, 3.63) is 57.2 Å². The molecular formula is C16H16INO2. The molecule has 2 aromatic carbocycles. The Kier molecular flexibility index (Phi) is 5.00. The highest BCUT2D eigenvalue weighted by Crippen LogP contribution is 2.16. The largest absolute Gasteiger partial charge is 0.484 e. The summed E-state index contributed by atoms with van der Waals surface area (Å²) < 4.78 is 6.58. The molecule has 1 N–H and O–H groups in total. The van der Waals surface area contributed by atoms with Crippen molar-refractivity contribution in [3.63, 3.8) is 0 Å². The number of rotatable bonds is 4. The van der Waals surface area contributed by atoms with E-state index in [1.807, 2.05) is 56.3 Å². The van der Waals surface area contributed by atoms with E-state index in [0.717, 1.165) is 14.8 Å². The van der Waals surface area contributed by atoms with E-state index >= 15 is 0 Å². The van der Waals surface area contributed by atoms with E-state index in [0.29, 0.717) is 5.75 Å². The first-order chi connectivity index (χ1) is 9.54. The number of amides is 1. The lowest BCUT2D eigenvalue weighted by molar-refractivity contribution is -0.118. The fourth-order valence-corrected chi connectivity index (χ4v) is 2.18. The summed E-state index contributed by atoms with van der Waals surface area (Å²) in [6.07, 6.45) is 0. The Bertz CT molecular complexity index is 608. The number of nitrogens with one attached hydrogen (secondary N) is 1. The summed E-state index contributed by atoms with van der Waals surface area (Å²) in [5.74, 6) is 0.539. The molecule has 0 atom stereocenters. The fourth-order valence-electron chi connectivity index (χ4n) is 1.82. The summed E-state index contributed by atoms with van der Waals surface area (Å²) in [6, 6.07) is 13.5. The number of carbonyl (C=O) groups is 1. The summed E-state index contributed by atoms with van der Waals surface area (Å²) in [6.45, 7) is 4.01. The predicted molar refractivity (Wildman–Crippen MR) is 89.2 cm³/mol. The van der Waals surface area contributed by atoms with Crippen molar-refractivity contribution < 1.29 is 9.53 Å². The molecule has 20 heavy (non-hydrogen) atoms. The standard InChI is InChI=1S/C16H16INO2/c1-11-3-8-15(12(2)9-11)18-16(19)10-20-14-6-4-13(17)5-7-14/h3-9H,10H2,1-2H3,(H,18,19). The SMILES string of the molecule is Cc1ccc(NC(=O)COc2ccc(I)cc2)c(C)c1. The summed E-state index contributed by atoms with van der Waals surface area (Å²) >= 11 is 2.22. The van der Waals surface area contributed by atoms with E-state index in [2.05, 4.69) is 27.9 Å². The minimum atomic E-state index is -0.157. The van der Waals surface area contributed by atoms with Gasteiger partial charge in [0.05, 0.1) is 0 Å². The Labute approximate surface area is 132 Å². The quantitative estimate of drug-likeness (QED) is 0.816. The van der Waals surface area contributed by atoms with Gasteiger partial charge in [0.15, 0.2) is 6.61 Å². The number of anilines is 1. The lowest BCUT2D eigenvalue weighted by atomic mass is 10.1. The maximum atomic E-state index is 11.9. The van der Waals surface area contributed by atoms with Crippen LogP contribution in [-0.4, -0.2) is 12.5 Å². The Hall–Kier alpha value is -1.56. The molecule has 4 heteroatoms. The average Bonchev–Trinajstić information content (AvgIpc) is 2.41. The molecule has 0 bridgehead atoms. The minimum Gasteiger partial charge on any atom is -0.484 e. The fraction of sp³-hybridized carbons (Fsp3) is 0.188. The molecule has 0 unspecified atom stereocenters. The van der Waals surface area contributed by atoms with E-state index in [1.54, 1.807) is 0 Å². The minimum absolute atomic E-state index is 0.00785. The molecule has 104 valence electrons. The lowest BCUT2D eigenvalue weighted by Crippen LogP contribution is -2.20. The molecule has 0 aliphatic heterocycles. The molecule has 0 saturated heterocycles. The number of hydrogen-bond donors (Lipinski definition) is 1. The number of hydrogen-bond acceptors (Lipinski definition) is 2. The normalized spacial score (nSPS) is 10.2. The maximum absolute atomic E-state index is 11.9. The molecule has 0 saturated carbocycles. The third kappa shape index (κ3) is 4.23. The van der Waals surface area contributed by atoms with Gasteiger partial charge in [-0.05, 0) is 72.3 Å². The van der Waals surface area contributed by atoms with Crippen LogP contribution in [0.15, 0.2) is 42.5 Å². The summed E-state index contributed by atoms with van der Waals surface area (Å²) in [7, 11) is 0. The molecule has 0 aliphatic carbocycles. The molecule has 0 radical (unpaired) electrons. The summed E-state index contributed by atoms with van der Waals surface area (Å²) in [5.41, 5.74) is 3.05. The van der Waals surface area contributed by atoms with E-state index < -0.39 is 0 Å². The Balaban J connectivity index is 1.90. The van der Waals surface area contributed by atoms with Crippen molar-refractivity contribution in [2.45, 2.75) is 13.8 Å². The molecule has 0 spiro atoms. The van der Waals surface area contributed by atoms with Gasteiger partial charge in [0, 0.05) is 9.26 Å². The molecule has 1 amide bonds. The number of ether oxygens (including phenoxy) is 1. The Morgan fingerprint density at radius 1 is 1.15 bits per heavy atom. The number of halogens is 1. The van der Waals surface area contributed by atoms with Crippen LogP contribution < -0.4 is 10.1 Å². The molecule has 0 aromatic heterocycles. The van der Waals surface area contributed by atoms with Crippen molar-refractivity contribution >= 4 is 34.2 Å². The lowest BCUT2D eigenvalue weighted by Gasteiger charge is -2.10. The molecule has 0 heterocycles. The van der Waals surface area contributed by atoms with Crippen molar-refractivity contribution in [2.75, 3.05) is 11.9 Å². The highest BCUT2D eigenvalue weighted by molar-refractivity contribution is 14.1. The van der Waals surface area contributed by atoms with Gasteiger partial charge in [-0.1, -0.05) is 17.7 Å². The highest BCUT2D eigenvalue weighted by atomic mass is 127. The van der Waals surface area contributed by atoms with Crippen LogP contribution in [0.1, 0.15) is 11.1 Å². The number of aryl methyl sites for hydroxylation is 2. The second kappa shape index (κ2) is 6.74. The third-order valence-corrected chi connectivity index (χ3v) is 3.56. The Morgan fingerprint density at radius 2 is 1.85 bits per heavy atom. The van der Waals surface area contributed by atoms with Gasteiger partial charge in [0.25, 0.3) is 5.91 Å². The number of benzene rings is 2. The van der Waals surface area contributed by atoms with Crippen LogP contribution in [0.4, 0.5) is 5.69 Å². The molecule has 2 rings (SSSR count). The molecule has 0 aliphatic rings. The topological polar surface area (TPSA) is 38.3 Å². The van der Waals surface area contributed by atoms with Crippen LogP contribution in [0.2, 0.25) is 0 Å². The van der Waals surface area contributed by atoms with Crippen LogP contribution in [0.25, 0.3) is 0 Å². The third-order valence-electron chi connectivity index (χ3n) is 2.84. The summed E-state index contributed by atoms with van der Waals surface area (Å²) in [5, 5.41) is 2.85. The first kappa shape index (κ1) is 14.8. The second-order valence-electron chi connectivity index (χ2n) is 4.61. The van der Waals surface area contributed by atoms with Crippen molar-refractivity contribution in [3.8, 4) is 5.75 Å². The first-order valence-corrected chi connectivity index (χ1v) is 7.38. The van der Waals surface area contributed by atoms with Gasteiger partial charge in [-0.15, -0.1) is 0 Å². The van der Waals surface area contributed by atoms with Gasteiger partial charge >= 0.3 is 0 Å². The van der Waals surface area contributed by atoms with Gasteiger partial charge in [-0.25, -0.2) is 0 Å². The smallest absolute Gasteiger partial charge is 0.262 e. The van der Waals surface area contributed by atoms with Gasteiger partial charge in [0.2, 0.25) is 0 Å². The van der Waals surface area contributed by atoms with Crippen molar-refractivity contribution in [1.29, 1.82) is 0 Å². The van der Waals surface area contributed by atoms with E-state index in [1.165, 1.54) is 5.56 Å². The zero-order valence-electron chi connectivity index (χ0n) is 11.4. The zero-order chi connectivity index (χ0) is 14.5. The van der Waals surface area contributed by atoms with Gasteiger partial charge in [-0.2, -0.15) is 0 Å². The first-order valence-electron chi connectivity index (χ1n) is 6.30. The van der Waals surface area contributed by atoms with E-state index in [4.69, 9.17) is 4.74 Å². The molecule has 3 nitrogen and oxygen atoms in total. The van der Waals surface area contributed by atoms with Gasteiger partial charge in [-0.3, -0.25) is 4.79 Å². The van der Waals surface area contributed by atoms with Crippen LogP contribution in [-0.2, 0) is 4.79 Å². The molecule has 0 fully saturated rings. The average molecular weight is 381 g/mol. The maximum Gasteiger partial charge on any atom is 0.262 e.